The first-order valence-corrected chi connectivity index (χ1v) is 11.7. The lowest BCUT2D eigenvalue weighted by Gasteiger charge is -2.33. The summed E-state index contributed by atoms with van der Waals surface area (Å²) in [4.78, 5) is 7.07. The van der Waals surface area contributed by atoms with Gasteiger partial charge in [0.2, 0.25) is 0 Å². The minimum atomic E-state index is 0.274. The van der Waals surface area contributed by atoms with Gasteiger partial charge in [0, 0.05) is 37.0 Å². The number of rotatable bonds is 4. The normalized spacial score (nSPS) is 18.7. The van der Waals surface area contributed by atoms with Crippen LogP contribution in [0.3, 0.4) is 0 Å². The highest BCUT2D eigenvalue weighted by molar-refractivity contribution is 5.91. The zero-order chi connectivity index (χ0) is 21.4. The van der Waals surface area contributed by atoms with Crippen molar-refractivity contribution in [2.45, 2.75) is 51.0 Å². The molecule has 0 radical (unpaired) electrons. The molecule has 1 saturated carbocycles. The molecule has 0 spiro atoms. The van der Waals surface area contributed by atoms with E-state index in [-0.39, 0.29) is 6.61 Å². The summed E-state index contributed by atoms with van der Waals surface area (Å²) in [5.74, 6) is 0.406. The Hall–Kier alpha value is -2.73. The van der Waals surface area contributed by atoms with E-state index in [1.165, 1.54) is 37.6 Å². The largest absolute Gasteiger partial charge is 0.397 e. The van der Waals surface area contributed by atoms with Crippen LogP contribution in [-0.2, 0) is 0 Å². The Kier molecular flexibility index (Phi) is 5.48. The maximum atomic E-state index is 9.43. The van der Waals surface area contributed by atoms with E-state index in [9.17, 15) is 5.11 Å². The first kappa shape index (κ1) is 20.2. The highest BCUT2D eigenvalue weighted by atomic mass is 16.3. The quantitative estimate of drug-likeness (QED) is 0.538. The van der Waals surface area contributed by atoms with E-state index in [1.54, 1.807) is 0 Å². The van der Waals surface area contributed by atoms with Crippen molar-refractivity contribution in [1.29, 1.82) is 0 Å². The van der Waals surface area contributed by atoms with Crippen LogP contribution in [-0.4, -0.2) is 34.4 Å². The Labute approximate surface area is 183 Å². The van der Waals surface area contributed by atoms with Crippen LogP contribution in [0.15, 0.2) is 36.7 Å². The fourth-order valence-electron chi connectivity index (χ4n) is 5.30. The molecule has 31 heavy (non-hydrogen) atoms. The minimum absolute atomic E-state index is 0.274. The van der Waals surface area contributed by atoms with Gasteiger partial charge in [-0.3, -0.25) is 0 Å². The van der Waals surface area contributed by atoms with Gasteiger partial charge in [-0.15, -0.1) is 0 Å². The number of benzene rings is 2. The Morgan fingerprint density at radius 2 is 1.74 bits per heavy atom. The van der Waals surface area contributed by atoms with E-state index < -0.39 is 0 Å². The second-order valence-corrected chi connectivity index (χ2v) is 9.26. The molecule has 0 unspecified atom stereocenters. The van der Waals surface area contributed by atoms with Crippen LogP contribution in [0.25, 0.3) is 22.2 Å². The van der Waals surface area contributed by atoms with E-state index >= 15 is 0 Å². The van der Waals surface area contributed by atoms with E-state index in [0.29, 0.717) is 23.3 Å². The summed E-state index contributed by atoms with van der Waals surface area (Å²) in [5.41, 5.74) is 19.3. The molecule has 5 rings (SSSR count). The van der Waals surface area contributed by atoms with Crippen molar-refractivity contribution in [2.24, 2.45) is 5.92 Å². The van der Waals surface area contributed by atoms with Gasteiger partial charge < -0.3 is 26.0 Å². The molecule has 1 aliphatic heterocycles. The third-order valence-corrected chi connectivity index (χ3v) is 7.29. The molecule has 2 aromatic carbocycles. The third kappa shape index (κ3) is 3.85. The Morgan fingerprint density at radius 1 is 0.968 bits per heavy atom. The molecule has 3 aromatic rings. The average Bonchev–Trinajstić information content (AvgIpc) is 3.24. The molecule has 2 aliphatic rings. The van der Waals surface area contributed by atoms with Crippen molar-refractivity contribution >= 4 is 28.1 Å². The third-order valence-electron chi connectivity index (χ3n) is 7.29. The topological polar surface area (TPSA) is 93.3 Å². The number of imidazole rings is 1. The number of anilines is 3. The fourth-order valence-corrected chi connectivity index (χ4v) is 5.30. The van der Waals surface area contributed by atoms with Crippen LogP contribution in [0.2, 0.25) is 0 Å². The zero-order valence-electron chi connectivity index (χ0n) is 18.1. The van der Waals surface area contributed by atoms with Gasteiger partial charge in [0.05, 0.1) is 28.7 Å². The minimum Gasteiger partial charge on any atom is -0.397 e. The molecule has 1 saturated heterocycles. The number of nitrogen functional groups attached to an aromatic ring is 2. The molecule has 5 N–H and O–H groups in total. The van der Waals surface area contributed by atoms with Crippen LogP contribution in [0, 0.1) is 5.92 Å². The molecule has 6 nitrogen and oxygen atoms in total. The molecule has 0 atom stereocenters. The summed E-state index contributed by atoms with van der Waals surface area (Å²) >= 11 is 0. The molecule has 0 amide bonds. The van der Waals surface area contributed by atoms with E-state index in [1.807, 2.05) is 12.4 Å². The summed E-state index contributed by atoms with van der Waals surface area (Å²) in [5, 5.41) is 9.43. The van der Waals surface area contributed by atoms with E-state index in [0.717, 1.165) is 48.3 Å². The number of aliphatic hydroxyl groups is 1. The van der Waals surface area contributed by atoms with Gasteiger partial charge in [-0.25, -0.2) is 4.98 Å². The van der Waals surface area contributed by atoms with Crippen LogP contribution < -0.4 is 16.4 Å². The molecule has 1 aliphatic carbocycles. The standard InChI is InChI=1S/C25H33N5O/c26-22-14-20(29-10-8-17(15-31)9-11-29)13-21(25(22)27)18-6-7-24-23(12-18)28-16-30(24)19-4-2-1-3-5-19/h6-7,12-14,16-17,19,31H,1-5,8-11,15,26-27H2. The number of hydrogen-bond acceptors (Lipinski definition) is 5. The summed E-state index contributed by atoms with van der Waals surface area (Å²) in [6, 6.07) is 11.2. The van der Waals surface area contributed by atoms with Crippen LogP contribution in [0.1, 0.15) is 51.0 Å². The lowest BCUT2D eigenvalue weighted by molar-refractivity contribution is 0.203. The SMILES string of the molecule is Nc1cc(N2CCC(CO)CC2)cc(-c2ccc3c(c2)ncn3C2CCCCC2)c1N. The van der Waals surface area contributed by atoms with Gasteiger partial charge >= 0.3 is 0 Å². The lowest BCUT2D eigenvalue weighted by atomic mass is 9.95. The van der Waals surface area contributed by atoms with Gasteiger partial charge in [0.1, 0.15) is 0 Å². The van der Waals surface area contributed by atoms with Crippen LogP contribution in [0.5, 0.6) is 0 Å². The second-order valence-electron chi connectivity index (χ2n) is 9.26. The van der Waals surface area contributed by atoms with E-state index in [4.69, 9.17) is 16.5 Å². The van der Waals surface area contributed by atoms with Gasteiger partial charge in [-0.05, 0) is 61.4 Å². The van der Waals surface area contributed by atoms with Crippen molar-refractivity contribution in [3.63, 3.8) is 0 Å². The smallest absolute Gasteiger partial charge is 0.0960 e. The van der Waals surface area contributed by atoms with Crippen molar-refractivity contribution in [1.82, 2.24) is 9.55 Å². The summed E-state index contributed by atoms with van der Waals surface area (Å²) in [6.45, 7) is 2.13. The Balaban J connectivity index is 1.47. The van der Waals surface area contributed by atoms with Crippen molar-refractivity contribution in [3.05, 3.63) is 36.7 Å². The molecule has 164 valence electrons. The molecule has 1 aromatic heterocycles. The van der Waals surface area contributed by atoms with Gasteiger partial charge in [0.15, 0.2) is 0 Å². The second kappa shape index (κ2) is 8.42. The number of fused-ring (bicyclic) bond motifs is 1. The van der Waals surface area contributed by atoms with Gasteiger partial charge in [-0.1, -0.05) is 25.3 Å². The van der Waals surface area contributed by atoms with Crippen LogP contribution in [0.4, 0.5) is 17.1 Å². The first-order valence-electron chi connectivity index (χ1n) is 11.7. The predicted octanol–water partition coefficient (Wildman–Crippen LogP) is 4.58. The average molecular weight is 420 g/mol. The molecular weight excluding hydrogens is 386 g/mol. The summed E-state index contributed by atoms with van der Waals surface area (Å²) in [6.07, 6.45) is 10.5. The number of nitrogens with two attached hydrogens (primary N) is 2. The highest BCUT2D eigenvalue weighted by Crippen LogP contribution is 2.38. The van der Waals surface area contributed by atoms with Crippen molar-refractivity contribution in [3.8, 4) is 11.1 Å². The highest BCUT2D eigenvalue weighted by Gasteiger charge is 2.21. The lowest BCUT2D eigenvalue weighted by Crippen LogP contribution is -2.34. The molecule has 2 heterocycles. The number of aromatic nitrogens is 2. The first-order chi connectivity index (χ1) is 15.1. The summed E-state index contributed by atoms with van der Waals surface area (Å²) in [7, 11) is 0. The van der Waals surface area contributed by atoms with Crippen LogP contribution >= 0.6 is 0 Å². The maximum Gasteiger partial charge on any atom is 0.0960 e. The zero-order valence-corrected chi connectivity index (χ0v) is 18.1. The Morgan fingerprint density at radius 3 is 2.48 bits per heavy atom. The number of piperidine rings is 1. The molecule has 6 heteroatoms. The number of nitrogens with zero attached hydrogens (tertiary/aromatic N) is 3. The predicted molar refractivity (Wildman–Crippen MR) is 128 cm³/mol. The number of aliphatic hydroxyl groups excluding tert-OH is 1. The molecule has 2 fully saturated rings. The van der Waals surface area contributed by atoms with E-state index in [2.05, 4.69) is 33.7 Å². The summed E-state index contributed by atoms with van der Waals surface area (Å²) < 4.78 is 2.36. The number of hydrogen-bond donors (Lipinski definition) is 3. The fraction of sp³-hybridized carbons (Fsp3) is 0.480. The van der Waals surface area contributed by atoms with Gasteiger partial charge in [0.25, 0.3) is 0 Å². The van der Waals surface area contributed by atoms with Crippen molar-refractivity contribution in [2.75, 3.05) is 36.1 Å². The monoisotopic (exact) mass is 419 g/mol. The van der Waals surface area contributed by atoms with Gasteiger partial charge in [-0.2, -0.15) is 0 Å². The van der Waals surface area contributed by atoms with Crippen molar-refractivity contribution < 1.29 is 5.11 Å². The Bertz CT molecular complexity index is 1060. The molecular formula is C25H33N5O. The molecule has 0 bridgehead atoms. The maximum absolute atomic E-state index is 9.43.